The number of esters is 1. The van der Waals surface area contributed by atoms with Crippen molar-refractivity contribution in [3.05, 3.63) is 23.3 Å². The van der Waals surface area contributed by atoms with Gasteiger partial charge in [-0.25, -0.2) is 9.59 Å². The first-order valence-corrected chi connectivity index (χ1v) is 19.8. The second-order valence-electron chi connectivity index (χ2n) is 19.4. The van der Waals surface area contributed by atoms with E-state index >= 15 is 0 Å². The van der Waals surface area contributed by atoms with Crippen LogP contribution in [0.3, 0.4) is 0 Å². The molecule has 8 N–H and O–H groups in total. The van der Waals surface area contributed by atoms with Crippen LogP contribution in [0.25, 0.3) is 0 Å². The third kappa shape index (κ3) is 5.73. The summed E-state index contributed by atoms with van der Waals surface area (Å²) in [5.41, 5.74) is -2.47. The smallest absolute Gasteiger partial charge is 0.335 e. The highest BCUT2D eigenvalue weighted by Crippen LogP contribution is 2.76. The second-order valence-corrected chi connectivity index (χ2v) is 19.4. The summed E-state index contributed by atoms with van der Waals surface area (Å²) < 4.78 is 17.6. The molecule has 0 spiro atoms. The summed E-state index contributed by atoms with van der Waals surface area (Å²) in [6, 6.07) is 0. The number of carbonyl (C=O) groups is 2. The molecule has 0 amide bonds. The van der Waals surface area contributed by atoms with Crippen LogP contribution in [0.2, 0.25) is 0 Å². The minimum absolute atomic E-state index is 0.0654. The Labute approximate surface area is 318 Å². The van der Waals surface area contributed by atoms with Crippen molar-refractivity contribution in [3.8, 4) is 0 Å². The molecule has 0 aromatic rings. The zero-order valence-electron chi connectivity index (χ0n) is 33.1. The first kappa shape index (κ1) is 41.7. The van der Waals surface area contributed by atoms with Crippen LogP contribution in [0, 0.1) is 50.2 Å². The van der Waals surface area contributed by atoms with E-state index in [1.807, 2.05) is 20.8 Å². The lowest BCUT2D eigenvalue weighted by atomic mass is 9.33. The predicted molar refractivity (Wildman–Crippen MR) is 194 cm³/mol. The van der Waals surface area contributed by atoms with Crippen molar-refractivity contribution >= 4 is 11.9 Å². The van der Waals surface area contributed by atoms with E-state index in [0.717, 1.165) is 12.0 Å². The normalized spacial score (nSPS) is 51.5. The molecule has 54 heavy (non-hydrogen) atoms. The monoisotopic (exact) mass is 764 g/mol. The van der Waals surface area contributed by atoms with E-state index in [0.29, 0.717) is 44.1 Å². The molecule has 0 aromatic carbocycles. The fourth-order valence-corrected chi connectivity index (χ4v) is 12.8. The molecule has 6 aliphatic rings. The van der Waals surface area contributed by atoms with Gasteiger partial charge in [0.25, 0.3) is 0 Å². The molecule has 17 atom stereocenters. The van der Waals surface area contributed by atoms with Gasteiger partial charge in [0.2, 0.25) is 0 Å². The Kier molecular flexibility index (Phi) is 10.7. The molecular weight excluding hydrogens is 700 g/mol. The lowest BCUT2D eigenvalue weighted by Crippen LogP contribution is -2.72. The quantitative estimate of drug-likeness (QED) is 0.0809. The number of carboxylic acids is 1. The second kappa shape index (κ2) is 13.9. The van der Waals surface area contributed by atoms with E-state index in [4.69, 9.17) is 14.2 Å². The van der Waals surface area contributed by atoms with E-state index in [1.54, 1.807) is 19.9 Å². The number of carboxylic acid groups (broad SMARTS) is 1. The van der Waals surface area contributed by atoms with Crippen molar-refractivity contribution in [1.82, 2.24) is 0 Å². The van der Waals surface area contributed by atoms with Crippen molar-refractivity contribution in [3.63, 3.8) is 0 Å². The van der Waals surface area contributed by atoms with Gasteiger partial charge in [0.15, 0.2) is 12.4 Å². The molecule has 306 valence electrons. The van der Waals surface area contributed by atoms with E-state index < -0.39 is 88.7 Å². The maximum atomic E-state index is 12.9. The Bertz CT molecular complexity index is 1540. The Hall–Kier alpha value is -1.94. The standard InChI is InChI=1S/C41H64O13/c1-9-20(2)34(51)52-19-41-22(16-36(3,4)31(47)32(41)48)21-10-11-24-37(5)14-13-26(53-35-29(46)27(44)28(45)30(54-35)33(49)50)38(6,18-42)23(37)12-15-39(24,7)40(21,8)17-25(41)43/h9-10,22-32,35,42-48H,11-19H2,1-8H3,(H,49,50)/b20-9+/t22-,23+,24+,25-,26-,27+,28+,29+,30-,31-,32-,35-,37-,38-,39+,40+,41-/m0/s1. The number of allylic oxidation sites excluding steroid dienone is 3. The van der Waals surface area contributed by atoms with Crippen LogP contribution < -0.4 is 0 Å². The number of aliphatic carboxylic acids is 1. The van der Waals surface area contributed by atoms with Crippen LogP contribution in [0.15, 0.2) is 23.3 Å². The molecular formula is C41H64O13. The fraction of sp³-hybridized carbons (Fsp3) is 0.854. The number of ether oxygens (including phenoxy) is 3. The van der Waals surface area contributed by atoms with Crippen molar-refractivity contribution in [2.24, 2.45) is 50.2 Å². The van der Waals surface area contributed by atoms with Gasteiger partial charge in [-0.3, -0.25) is 0 Å². The van der Waals surface area contributed by atoms with E-state index in [2.05, 4.69) is 26.8 Å². The minimum atomic E-state index is -1.84. The highest BCUT2D eigenvalue weighted by Gasteiger charge is 2.73. The molecule has 0 radical (unpaired) electrons. The molecule has 1 saturated heterocycles. The average molecular weight is 765 g/mol. The van der Waals surface area contributed by atoms with Gasteiger partial charge in [-0.15, -0.1) is 0 Å². The third-order valence-electron chi connectivity index (χ3n) is 16.5. The molecule has 0 bridgehead atoms. The van der Waals surface area contributed by atoms with Crippen molar-refractivity contribution < 1.29 is 64.7 Å². The Balaban J connectivity index is 1.34. The highest BCUT2D eigenvalue weighted by molar-refractivity contribution is 5.87. The number of carbonyl (C=O) groups excluding carboxylic acids is 1. The SMILES string of the molecule is C/C=C(\C)C(=O)OC[C@@]12[C@@H](O)C[C@]3(C)C(=CC[C@@H]4[C@@]5(C)CC[C@H](O[C@H]6O[C@H](C(=O)O)[C@H](O)[C@@H](O)[C@H]6O)[C@@](C)(CO)[C@@H]5CC[C@]43C)[C@@H]1CC(C)(C)[C@@H](O)[C@@H]2O. The summed E-state index contributed by atoms with van der Waals surface area (Å²) in [4.78, 5) is 24.7. The molecule has 0 unspecified atom stereocenters. The summed E-state index contributed by atoms with van der Waals surface area (Å²) >= 11 is 0. The van der Waals surface area contributed by atoms with Crippen LogP contribution in [0.4, 0.5) is 0 Å². The molecule has 5 fully saturated rings. The van der Waals surface area contributed by atoms with Crippen LogP contribution in [0.5, 0.6) is 0 Å². The topological polar surface area (TPSA) is 224 Å². The molecule has 5 aliphatic carbocycles. The molecule has 1 heterocycles. The van der Waals surface area contributed by atoms with Gasteiger partial charge in [0.1, 0.15) is 24.9 Å². The fourth-order valence-electron chi connectivity index (χ4n) is 12.8. The van der Waals surface area contributed by atoms with Crippen molar-refractivity contribution in [2.45, 2.75) is 155 Å². The molecule has 13 heteroatoms. The lowest BCUT2D eigenvalue weighted by Gasteiger charge is -2.72. The van der Waals surface area contributed by atoms with Gasteiger partial charge < -0.3 is 55.1 Å². The first-order valence-electron chi connectivity index (χ1n) is 19.8. The molecule has 0 aromatic heterocycles. The Morgan fingerprint density at radius 1 is 0.907 bits per heavy atom. The number of aliphatic hydroxyl groups excluding tert-OH is 7. The Morgan fingerprint density at radius 3 is 2.19 bits per heavy atom. The van der Waals surface area contributed by atoms with E-state index in [1.165, 1.54) is 0 Å². The summed E-state index contributed by atoms with van der Waals surface area (Å²) in [5.74, 6) is -2.36. The van der Waals surface area contributed by atoms with Gasteiger partial charge in [0.05, 0.1) is 36.4 Å². The van der Waals surface area contributed by atoms with Gasteiger partial charge in [-0.2, -0.15) is 0 Å². The maximum absolute atomic E-state index is 12.9. The minimum Gasteiger partial charge on any atom is -0.479 e. The molecule has 1 aliphatic heterocycles. The average Bonchev–Trinajstić information content (AvgIpc) is 3.11. The number of rotatable bonds is 7. The molecule has 13 nitrogen and oxygen atoms in total. The summed E-state index contributed by atoms with van der Waals surface area (Å²) in [6.07, 6.45) is -4.89. The van der Waals surface area contributed by atoms with E-state index in [-0.39, 0.29) is 41.8 Å². The number of aliphatic hydroxyl groups is 7. The number of hydrogen-bond donors (Lipinski definition) is 8. The zero-order chi connectivity index (χ0) is 40.1. The number of hydrogen-bond acceptors (Lipinski definition) is 12. The number of fused-ring (bicyclic) bond motifs is 7. The van der Waals surface area contributed by atoms with Gasteiger partial charge in [-0.05, 0) is 98.2 Å². The van der Waals surface area contributed by atoms with Crippen molar-refractivity contribution in [1.29, 1.82) is 0 Å². The Morgan fingerprint density at radius 2 is 1.57 bits per heavy atom. The van der Waals surface area contributed by atoms with Gasteiger partial charge in [0, 0.05) is 11.0 Å². The summed E-state index contributed by atoms with van der Waals surface area (Å²) in [5, 5.41) is 88.0. The highest BCUT2D eigenvalue weighted by atomic mass is 16.7. The van der Waals surface area contributed by atoms with Gasteiger partial charge >= 0.3 is 11.9 Å². The van der Waals surface area contributed by atoms with Crippen LogP contribution in [-0.4, -0.2) is 121 Å². The van der Waals surface area contributed by atoms with Crippen LogP contribution in [-0.2, 0) is 23.8 Å². The lowest BCUT2D eigenvalue weighted by molar-refractivity contribution is -0.328. The predicted octanol–water partition coefficient (Wildman–Crippen LogP) is 2.46. The zero-order valence-corrected chi connectivity index (χ0v) is 33.1. The maximum Gasteiger partial charge on any atom is 0.335 e. The third-order valence-corrected chi connectivity index (χ3v) is 16.5. The van der Waals surface area contributed by atoms with E-state index in [9.17, 15) is 50.4 Å². The van der Waals surface area contributed by atoms with Crippen molar-refractivity contribution in [2.75, 3.05) is 13.2 Å². The van der Waals surface area contributed by atoms with Crippen LogP contribution in [0.1, 0.15) is 100 Å². The molecule has 4 saturated carbocycles. The summed E-state index contributed by atoms with van der Waals surface area (Å²) in [6.45, 7) is 15.5. The first-order chi connectivity index (χ1) is 25.0. The summed E-state index contributed by atoms with van der Waals surface area (Å²) in [7, 11) is 0. The van der Waals surface area contributed by atoms with Crippen LogP contribution >= 0.6 is 0 Å². The largest absolute Gasteiger partial charge is 0.479 e. The molecule has 6 rings (SSSR count). The van der Waals surface area contributed by atoms with Gasteiger partial charge in [-0.1, -0.05) is 59.3 Å².